The van der Waals surface area contributed by atoms with Crippen molar-refractivity contribution in [1.82, 2.24) is 9.88 Å². The van der Waals surface area contributed by atoms with Crippen LogP contribution in [0.4, 0.5) is 5.13 Å². The summed E-state index contributed by atoms with van der Waals surface area (Å²) in [6.45, 7) is 4.28. The Morgan fingerprint density at radius 3 is 3.00 bits per heavy atom. The fraction of sp³-hybridized carbons (Fsp3) is 0.667. The normalized spacial score (nSPS) is 37.7. The fourth-order valence-corrected chi connectivity index (χ4v) is 3.84. The Balaban J connectivity index is 1.48. The number of nitrogens with one attached hydrogen (secondary N) is 1. The third-order valence-electron chi connectivity index (χ3n) is 4.26. The van der Waals surface area contributed by atoms with Gasteiger partial charge in [-0.3, -0.25) is 10.2 Å². The van der Waals surface area contributed by atoms with E-state index in [0.29, 0.717) is 11.9 Å². The van der Waals surface area contributed by atoms with E-state index in [1.165, 1.54) is 25.9 Å². The van der Waals surface area contributed by atoms with Gasteiger partial charge in [-0.1, -0.05) is 0 Å². The summed E-state index contributed by atoms with van der Waals surface area (Å²) in [6, 6.07) is 0.652. The van der Waals surface area contributed by atoms with Crippen LogP contribution in [0.3, 0.4) is 0 Å². The molecule has 4 aliphatic heterocycles. The van der Waals surface area contributed by atoms with Gasteiger partial charge in [0.15, 0.2) is 5.13 Å². The molecule has 5 nitrogen and oxygen atoms in total. The fourth-order valence-electron chi connectivity index (χ4n) is 3.32. The second-order valence-corrected chi connectivity index (χ2v) is 6.20. The van der Waals surface area contributed by atoms with Crippen molar-refractivity contribution in [3.63, 3.8) is 0 Å². The van der Waals surface area contributed by atoms with E-state index in [1.54, 1.807) is 17.5 Å². The summed E-state index contributed by atoms with van der Waals surface area (Å²) in [5.74, 6) is 0.668. The Kier molecular flexibility index (Phi) is 2.35. The Morgan fingerprint density at radius 2 is 2.33 bits per heavy atom. The minimum absolute atomic E-state index is 0.0594. The number of nitrogens with zero attached hydrogens (tertiary/aromatic N) is 3. The summed E-state index contributed by atoms with van der Waals surface area (Å²) < 4.78 is 6.16. The molecular weight excluding hydrogens is 248 g/mol. The van der Waals surface area contributed by atoms with Gasteiger partial charge in [0.25, 0.3) is 6.02 Å². The number of amidine groups is 1. The smallest absolute Gasteiger partial charge is 0.291 e. The van der Waals surface area contributed by atoms with Crippen molar-refractivity contribution in [2.75, 3.05) is 31.5 Å². The van der Waals surface area contributed by atoms with E-state index in [0.717, 1.165) is 18.2 Å². The Bertz CT molecular complexity index is 466. The van der Waals surface area contributed by atoms with Gasteiger partial charge in [-0.2, -0.15) is 0 Å². The summed E-state index contributed by atoms with van der Waals surface area (Å²) in [6.07, 6.45) is 4.28. The lowest BCUT2D eigenvalue weighted by molar-refractivity contribution is -0.0829. The lowest BCUT2D eigenvalue weighted by atomic mass is 9.75. The molecular formula is C12H16N4OS. The third kappa shape index (κ3) is 1.63. The average Bonchev–Trinajstić information content (AvgIpc) is 3.02. The number of thiazole rings is 1. The molecule has 0 aliphatic carbocycles. The summed E-state index contributed by atoms with van der Waals surface area (Å²) in [7, 11) is 0. The van der Waals surface area contributed by atoms with Crippen LogP contribution in [0.5, 0.6) is 0 Å². The summed E-state index contributed by atoms with van der Waals surface area (Å²) in [5, 5.41) is 5.97. The van der Waals surface area contributed by atoms with E-state index in [-0.39, 0.29) is 5.60 Å². The number of ether oxygens (including phenoxy) is 1. The van der Waals surface area contributed by atoms with E-state index in [2.05, 4.69) is 20.2 Å². The molecule has 3 saturated heterocycles. The average molecular weight is 264 g/mol. The second-order valence-electron chi connectivity index (χ2n) is 5.30. The number of piperidine rings is 3. The molecule has 3 fully saturated rings. The number of hydrogen-bond acceptors (Lipinski definition) is 6. The molecule has 18 heavy (non-hydrogen) atoms. The molecule has 96 valence electrons. The van der Waals surface area contributed by atoms with Gasteiger partial charge in [-0.05, 0) is 25.9 Å². The van der Waals surface area contributed by atoms with Crippen molar-refractivity contribution in [3.05, 3.63) is 11.6 Å². The molecule has 1 atom stereocenters. The maximum Gasteiger partial charge on any atom is 0.291 e. The molecule has 1 aromatic rings. The maximum absolute atomic E-state index is 6.16. The zero-order chi connectivity index (χ0) is 12.0. The van der Waals surface area contributed by atoms with Gasteiger partial charge in [0.1, 0.15) is 5.60 Å². The Labute approximate surface area is 110 Å². The largest absolute Gasteiger partial charge is 0.455 e. The van der Waals surface area contributed by atoms with Crippen LogP contribution in [0.15, 0.2) is 16.6 Å². The quantitative estimate of drug-likeness (QED) is 0.833. The van der Waals surface area contributed by atoms with Crippen molar-refractivity contribution in [2.45, 2.75) is 18.4 Å². The van der Waals surface area contributed by atoms with E-state index in [9.17, 15) is 0 Å². The number of aliphatic imine (C=N–C) groups is 1. The third-order valence-corrected chi connectivity index (χ3v) is 4.95. The minimum atomic E-state index is -0.0594. The molecule has 6 heteroatoms. The lowest BCUT2D eigenvalue weighted by Gasteiger charge is -2.50. The van der Waals surface area contributed by atoms with Gasteiger partial charge >= 0.3 is 0 Å². The second kappa shape index (κ2) is 3.93. The SMILES string of the molecule is c1csc(NC2=NC[C@@]3(CN4CCC3CC4)O2)n1. The van der Waals surface area contributed by atoms with Crippen molar-refractivity contribution >= 4 is 22.5 Å². The number of hydrogen-bond donors (Lipinski definition) is 1. The van der Waals surface area contributed by atoms with Crippen LogP contribution >= 0.6 is 11.3 Å². The first-order valence-electron chi connectivity index (χ1n) is 6.46. The zero-order valence-corrected chi connectivity index (χ0v) is 10.9. The first-order valence-corrected chi connectivity index (χ1v) is 7.34. The highest BCUT2D eigenvalue weighted by Crippen LogP contribution is 2.40. The topological polar surface area (TPSA) is 49.8 Å². The van der Waals surface area contributed by atoms with Crippen molar-refractivity contribution in [2.24, 2.45) is 10.9 Å². The van der Waals surface area contributed by atoms with Gasteiger partial charge in [-0.15, -0.1) is 11.3 Å². The van der Waals surface area contributed by atoms with Crippen molar-refractivity contribution in [1.29, 1.82) is 0 Å². The highest BCUT2D eigenvalue weighted by Gasteiger charge is 2.51. The predicted molar refractivity (Wildman–Crippen MR) is 71.0 cm³/mol. The summed E-state index contributed by atoms with van der Waals surface area (Å²) >= 11 is 1.57. The van der Waals surface area contributed by atoms with Crippen LogP contribution in [0.25, 0.3) is 0 Å². The highest BCUT2D eigenvalue weighted by atomic mass is 32.1. The monoisotopic (exact) mass is 264 g/mol. The van der Waals surface area contributed by atoms with Gasteiger partial charge in [0.05, 0.1) is 6.54 Å². The highest BCUT2D eigenvalue weighted by molar-refractivity contribution is 7.13. The van der Waals surface area contributed by atoms with Crippen molar-refractivity contribution in [3.8, 4) is 0 Å². The molecule has 0 radical (unpaired) electrons. The first kappa shape index (κ1) is 10.8. The Morgan fingerprint density at radius 1 is 1.44 bits per heavy atom. The van der Waals surface area contributed by atoms with Crippen LogP contribution in [-0.2, 0) is 4.74 Å². The molecule has 0 saturated carbocycles. The molecule has 0 aromatic carbocycles. The predicted octanol–water partition coefficient (Wildman–Crippen LogP) is 1.41. The molecule has 0 unspecified atom stereocenters. The van der Waals surface area contributed by atoms with Crippen LogP contribution < -0.4 is 5.32 Å². The molecule has 2 bridgehead atoms. The van der Waals surface area contributed by atoms with Gasteiger partial charge in [0, 0.05) is 24.0 Å². The number of fused-ring (bicyclic) bond motifs is 2. The van der Waals surface area contributed by atoms with E-state index < -0.39 is 0 Å². The molecule has 1 N–H and O–H groups in total. The van der Waals surface area contributed by atoms with Gasteiger partial charge in [0.2, 0.25) is 0 Å². The molecule has 1 spiro atoms. The molecule has 5 heterocycles. The van der Waals surface area contributed by atoms with Crippen LogP contribution in [0.1, 0.15) is 12.8 Å². The first-order chi connectivity index (χ1) is 8.84. The Hall–Kier alpha value is -1.14. The maximum atomic E-state index is 6.16. The van der Waals surface area contributed by atoms with Gasteiger partial charge in [-0.25, -0.2) is 9.98 Å². The summed E-state index contributed by atoms with van der Waals surface area (Å²) in [4.78, 5) is 11.2. The number of rotatable bonds is 1. The standard InChI is InChI=1S/C12H16N4OS/c1-4-16-5-2-9(1)12(8-16)7-14-10(17-12)15-11-13-3-6-18-11/h3,6,9H,1-2,4-5,7-8H2,(H,13,14,15)/t12-/m0/s1. The van der Waals surface area contributed by atoms with E-state index in [1.807, 2.05) is 5.38 Å². The number of anilines is 1. The van der Waals surface area contributed by atoms with Crippen molar-refractivity contribution < 1.29 is 4.74 Å². The number of aromatic nitrogens is 1. The zero-order valence-electron chi connectivity index (χ0n) is 10.1. The molecule has 4 aliphatic rings. The minimum Gasteiger partial charge on any atom is -0.455 e. The lowest BCUT2D eigenvalue weighted by Crippen LogP contribution is -2.61. The van der Waals surface area contributed by atoms with Gasteiger partial charge < -0.3 is 4.74 Å². The molecule has 1 aromatic heterocycles. The molecule has 0 amide bonds. The van der Waals surface area contributed by atoms with E-state index in [4.69, 9.17) is 4.74 Å². The van der Waals surface area contributed by atoms with Crippen LogP contribution in [0.2, 0.25) is 0 Å². The summed E-state index contributed by atoms with van der Waals surface area (Å²) in [5.41, 5.74) is -0.0594. The van der Waals surface area contributed by atoms with Crippen LogP contribution in [0, 0.1) is 5.92 Å². The van der Waals surface area contributed by atoms with E-state index >= 15 is 0 Å². The molecule has 5 rings (SSSR count). The van der Waals surface area contributed by atoms with Crippen LogP contribution in [-0.4, -0.2) is 47.7 Å².